The zero-order valence-electron chi connectivity index (χ0n) is 21.0. The maximum atomic E-state index is 13.2. The average molecular weight is 473 g/mol. The number of anilines is 1. The molecule has 3 aromatic carbocycles. The Bertz CT molecular complexity index is 1070. The molecule has 1 amide bonds. The summed E-state index contributed by atoms with van der Waals surface area (Å²) in [4.78, 5) is 17.7. The fourth-order valence-electron chi connectivity index (χ4n) is 4.67. The van der Waals surface area contributed by atoms with Crippen LogP contribution in [0.15, 0.2) is 78.9 Å². The number of carbonyl (C=O) groups excluding carboxylic acids is 1. The number of carbonyl (C=O) groups is 1. The molecule has 4 rings (SSSR count). The van der Waals surface area contributed by atoms with E-state index in [-0.39, 0.29) is 11.9 Å². The van der Waals surface area contributed by atoms with Gasteiger partial charge in [0.05, 0.1) is 7.11 Å². The summed E-state index contributed by atoms with van der Waals surface area (Å²) in [6.45, 7) is 6.98. The fraction of sp³-hybridized carbons (Fsp3) is 0.367. The molecule has 1 aliphatic heterocycles. The van der Waals surface area contributed by atoms with Crippen molar-refractivity contribution in [2.75, 3.05) is 25.1 Å². The average Bonchev–Trinajstić information content (AvgIpc) is 2.86. The zero-order valence-corrected chi connectivity index (χ0v) is 21.0. The summed E-state index contributed by atoms with van der Waals surface area (Å²) in [6, 6.07) is 26.3. The Kier molecular flexibility index (Phi) is 8.43. The van der Waals surface area contributed by atoms with E-state index in [1.807, 2.05) is 65.6 Å². The number of piperidine rings is 1. The van der Waals surface area contributed by atoms with Crippen LogP contribution in [0.2, 0.25) is 0 Å². The Hall–Kier alpha value is -3.31. The third-order valence-electron chi connectivity index (χ3n) is 6.41. The number of nitrogens with zero attached hydrogens (tertiary/aromatic N) is 2. The van der Waals surface area contributed by atoms with Crippen LogP contribution in [0.4, 0.5) is 5.69 Å². The van der Waals surface area contributed by atoms with Crippen molar-refractivity contribution in [3.8, 4) is 17.2 Å². The van der Waals surface area contributed by atoms with Crippen LogP contribution in [-0.4, -0.2) is 37.0 Å². The predicted octanol–water partition coefficient (Wildman–Crippen LogP) is 6.53. The van der Waals surface area contributed by atoms with Crippen LogP contribution < -0.4 is 14.4 Å². The number of benzene rings is 3. The second-order valence-corrected chi connectivity index (χ2v) is 9.63. The molecule has 0 N–H and O–H groups in total. The number of rotatable bonds is 9. The Balaban J connectivity index is 1.39. The second-order valence-electron chi connectivity index (χ2n) is 9.63. The van der Waals surface area contributed by atoms with Gasteiger partial charge < -0.3 is 14.4 Å². The summed E-state index contributed by atoms with van der Waals surface area (Å²) < 4.78 is 11.3. The largest absolute Gasteiger partial charge is 0.497 e. The molecule has 1 saturated heterocycles. The SMILES string of the molecule is COc1ccc(N(C(=O)CC(C)C)C2CCN(Cc3cccc(Oc4ccccc4)c3)CC2)cc1. The normalized spacial score (nSPS) is 14.6. The molecule has 184 valence electrons. The third kappa shape index (κ3) is 6.86. The molecular formula is C30H36N2O3. The van der Waals surface area contributed by atoms with Gasteiger partial charge in [-0.2, -0.15) is 0 Å². The van der Waals surface area contributed by atoms with E-state index in [0.29, 0.717) is 12.3 Å². The molecule has 5 nitrogen and oxygen atoms in total. The highest BCUT2D eigenvalue weighted by atomic mass is 16.5. The molecular weight excluding hydrogens is 436 g/mol. The van der Waals surface area contributed by atoms with Crippen molar-refractivity contribution in [1.82, 2.24) is 4.90 Å². The molecule has 0 aliphatic carbocycles. The molecule has 1 aliphatic rings. The first-order chi connectivity index (χ1) is 17.0. The number of hydrogen-bond donors (Lipinski definition) is 0. The number of amides is 1. The summed E-state index contributed by atoms with van der Waals surface area (Å²) >= 11 is 0. The van der Waals surface area contributed by atoms with Gasteiger partial charge in [0.15, 0.2) is 0 Å². The van der Waals surface area contributed by atoms with Crippen LogP contribution in [0.5, 0.6) is 17.2 Å². The van der Waals surface area contributed by atoms with Crippen molar-refractivity contribution in [2.45, 2.75) is 45.7 Å². The van der Waals surface area contributed by atoms with Crippen molar-refractivity contribution in [2.24, 2.45) is 5.92 Å². The minimum absolute atomic E-state index is 0.203. The van der Waals surface area contributed by atoms with E-state index >= 15 is 0 Å². The molecule has 5 heteroatoms. The summed E-state index contributed by atoms with van der Waals surface area (Å²) in [6.07, 6.45) is 2.46. The van der Waals surface area contributed by atoms with E-state index in [0.717, 1.165) is 55.4 Å². The lowest BCUT2D eigenvalue weighted by Gasteiger charge is -2.39. The van der Waals surface area contributed by atoms with Gasteiger partial charge in [-0.25, -0.2) is 0 Å². The van der Waals surface area contributed by atoms with Gasteiger partial charge in [0.25, 0.3) is 0 Å². The summed E-state index contributed by atoms with van der Waals surface area (Å²) in [5, 5.41) is 0. The molecule has 1 heterocycles. The van der Waals surface area contributed by atoms with Gasteiger partial charge >= 0.3 is 0 Å². The van der Waals surface area contributed by atoms with E-state index in [9.17, 15) is 4.79 Å². The second kappa shape index (κ2) is 11.9. The van der Waals surface area contributed by atoms with Crippen molar-refractivity contribution in [1.29, 1.82) is 0 Å². The molecule has 0 unspecified atom stereocenters. The standard InChI is InChI=1S/C30H36N2O3/c1-23(2)20-30(33)32(25-12-14-27(34-3)15-13-25)26-16-18-31(19-17-26)22-24-8-7-11-29(21-24)35-28-9-5-4-6-10-28/h4-15,21,23,26H,16-20,22H2,1-3H3. The first kappa shape index (κ1) is 24.8. The van der Waals surface area contributed by atoms with Crippen LogP contribution in [0, 0.1) is 5.92 Å². The van der Waals surface area contributed by atoms with Crippen molar-refractivity contribution in [3.63, 3.8) is 0 Å². The highest BCUT2D eigenvalue weighted by Gasteiger charge is 2.29. The quantitative estimate of drug-likeness (QED) is 0.355. The van der Waals surface area contributed by atoms with Crippen LogP contribution in [0.3, 0.4) is 0 Å². The maximum absolute atomic E-state index is 13.2. The molecule has 35 heavy (non-hydrogen) atoms. The van der Waals surface area contributed by atoms with Gasteiger partial charge in [0.2, 0.25) is 5.91 Å². The highest BCUT2D eigenvalue weighted by molar-refractivity contribution is 5.94. The Labute approximate surface area is 209 Å². The zero-order chi connectivity index (χ0) is 24.6. The highest BCUT2D eigenvalue weighted by Crippen LogP contribution is 2.28. The molecule has 3 aromatic rings. The van der Waals surface area contributed by atoms with Crippen LogP contribution in [-0.2, 0) is 11.3 Å². The van der Waals surface area contributed by atoms with E-state index < -0.39 is 0 Å². The van der Waals surface area contributed by atoms with Gasteiger partial charge in [-0.1, -0.05) is 44.2 Å². The minimum Gasteiger partial charge on any atom is -0.497 e. The molecule has 0 saturated carbocycles. The number of ether oxygens (including phenoxy) is 2. The molecule has 1 fully saturated rings. The van der Waals surface area contributed by atoms with Crippen molar-refractivity contribution >= 4 is 11.6 Å². The predicted molar refractivity (Wildman–Crippen MR) is 141 cm³/mol. The van der Waals surface area contributed by atoms with Crippen LogP contribution in [0.25, 0.3) is 0 Å². The third-order valence-corrected chi connectivity index (χ3v) is 6.41. The monoisotopic (exact) mass is 472 g/mol. The summed E-state index contributed by atoms with van der Waals surface area (Å²) in [5.74, 6) is 3.03. The van der Waals surface area contributed by atoms with Gasteiger partial charge in [-0.3, -0.25) is 9.69 Å². The van der Waals surface area contributed by atoms with Crippen molar-refractivity contribution in [3.05, 3.63) is 84.4 Å². The molecule has 0 aromatic heterocycles. The number of methoxy groups -OCH3 is 1. The van der Waals surface area contributed by atoms with Gasteiger partial charge in [0.1, 0.15) is 17.2 Å². The van der Waals surface area contributed by atoms with E-state index in [1.54, 1.807) is 7.11 Å². The van der Waals surface area contributed by atoms with E-state index in [4.69, 9.17) is 9.47 Å². The van der Waals surface area contributed by atoms with Crippen LogP contribution >= 0.6 is 0 Å². The topological polar surface area (TPSA) is 42.0 Å². The number of likely N-dealkylation sites (tertiary alicyclic amines) is 1. The molecule has 0 bridgehead atoms. The molecule has 0 spiro atoms. The van der Waals surface area contributed by atoms with E-state index in [1.165, 1.54) is 5.56 Å². The smallest absolute Gasteiger partial charge is 0.227 e. The lowest BCUT2D eigenvalue weighted by atomic mass is 9.99. The Morgan fingerprint density at radius 2 is 1.60 bits per heavy atom. The lowest BCUT2D eigenvalue weighted by Crippen LogP contribution is -2.47. The van der Waals surface area contributed by atoms with Gasteiger partial charge in [0, 0.05) is 37.8 Å². The first-order valence-corrected chi connectivity index (χ1v) is 12.5. The van der Waals surface area contributed by atoms with Crippen molar-refractivity contribution < 1.29 is 14.3 Å². The van der Waals surface area contributed by atoms with Gasteiger partial charge in [-0.15, -0.1) is 0 Å². The number of para-hydroxylation sites is 1. The minimum atomic E-state index is 0.203. The maximum Gasteiger partial charge on any atom is 0.227 e. The fourth-order valence-corrected chi connectivity index (χ4v) is 4.67. The molecule has 0 radical (unpaired) electrons. The summed E-state index contributed by atoms with van der Waals surface area (Å²) in [7, 11) is 1.66. The number of hydrogen-bond acceptors (Lipinski definition) is 4. The van der Waals surface area contributed by atoms with E-state index in [2.05, 4.69) is 36.9 Å². The lowest BCUT2D eigenvalue weighted by molar-refractivity contribution is -0.120. The Morgan fingerprint density at radius 1 is 0.914 bits per heavy atom. The summed E-state index contributed by atoms with van der Waals surface area (Å²) in [5.41, 5.74) is 2.19. The molecule has 0 atom stereocenters. The Morgan fingerprint density at radius 3 is 2.26 bits per heavy atom. The first-order valence-electron chi connectivity index (χ1n) is 12.5. The van der Waals surface area contributed by atoms with Gasteiger partial charge in [-0.05, 0) is 72.9 Å². The van der Waals surface area contributed by atoms with Crippen LogP contribution in [0.1, 0.15) is 38.7 Å².